The molecule has 1 aromatic heterocycles. The second kappa shape index (κ2) is 6.68. The van der Waals surface area contributed by atoms with Gasteiger partial charge in [-0.3, -0.25) is 18.7 Å². The largest absolute Gasteiger partial charge is 0.332 e. The molecule has 26 heavy (non-hydrogen) atoms. The number of rotatable bonds is 3. The Morgan fingerprint density at radius 1 is 1.08 bits per heavy atom. The normalized spacial score (nSPS) is 17.2. The van der Waals surface area contributed by atoms with E-state index in [4.69, 9.17) is 11.6 Å². The van der Waals surface area contributed by atoms with E-state index in [-0.39, 0.29) is 5.82 Å². The molecule has 9 nitrogen and oxygen atoms in total. The summed E-state index contributed by atoms with van der Waals surface area (Å²) in [4.78, 5) is 36.6. The summed E-state index contributed by atoms with van der Waals surface area (Å²) in [5.41, 5.74) is -0.148. The molecule has 0 spiro atoms. The summed E-state index contributed by atoms with van der Waals surface area (Å²) >= 11 is 5.82. The van der Waals surface area contributed by atoms with Crippen molar-refractivity contribution < 1.29 is 4.79 Å². The van der Waals surface area contributed by atoms with Crippen LogP contribution in [0.4, 0.5) is 11.5 Å². The van der Waals surface area contributed by atoms with Crippen LogP contribution in [0.3, 0.4) is 0 Å². The lowest BCUT2D eigenvalue weighted by Crippen LogP contribution is -2.40. The molecule has 1 amide bonds. The van der Waals surface area contributed by atoms with Gasteiger partial charge >= 0.3 is 5.69 Å². The molecule has 1 aromatic carbocycles. The molecule has 1 aliphatic rings. The van der Waals surface area contributed by atoms with Crippen LogP contribution in [0.5, 0.6) is 0 Å². The van der Waals surface area contributed by atoms with Gasteiger partial charge in [-0.2, -0.15) is 20.3 Å². The number of aromatic nitrogens is 2. The van der Waals surface area contributed by atoms with Gasteiger partial charge in [0.1, 0.15) is 5.82 Å². The summed E-state index contributed by atoms with van der Waals surface area (Å²) < 4.78 is 2.12. The van der Waals surface area contributed by atoms with Crippen LogP contribution in [0.15, 0.2) is 55.3 Å². The van der Waals surface area contributed by atoms with Gasteiger partial charge in [0.25, 0.3) is 11.5 Å². The molecule has 0 radical (unpaired) electrons. The molecule has 1 atom stereocenters. The van der Waals surface area contributed by atoms with Crippen LogP contribution in [0.2, 0.25) is 5.02 Å². The summed E-state index contributed by atoms with van der Waals surface area (Å²) in [6.45, 7) is 1.63. The average Bonchev–Trinajstić information content (AvgIpc) is 2.90. The Morgan fingerprint density at radius 3 is 2.38 bits per heavy atom. The Bertz CT molecular complexity index is 1050. The van der Waals surface area contributed by atoms with Gasteiger partial charge < -0.3 is 0 Å². The lowest BCUT2D eigenvalue weighted by atomic mass is 10.2. The molecule has 2 aromatic rings. The van der Waals surface area contributed by atoms with Crippen molar-refractivity contribution in [1.29, 1.82) is 0 Å². The summed E-state index contributed by atoms with van der Waals surface area (Å²) in [5.74, 6) is -0.421. The van der Waals surface area contributed by atoms with Crippen LogP contribution in [0, 0.1) is 0 Å². The van der Waals surface area contributed by atoms with Crippen molar-refractivity contribution >= 4 is 34.7 Å². The third kappa shape index (κ3) is 3.08. The summed E-state index contributed by atoms with van der Waals surface area (Å²) in [6, 6.07) is 6.91. The molecule has 0 bridgehead atoms. The van der Waals surface area contributed by atoms with Gasteiger partial charge in [0, 0.05) is 25.2 Å². The molecule has 134 valence electrons. The van der Waals surface area contributed by atoms with E-state index >= 15 is 0 Å². The van der Waals surface area contributed by atoms with E-state index in [0.29, 0.717) is 16.4 Å². The number of anilines is 1. The predicted molar refractivity (Wildman–Crippen MR) is 97.3 cm³/mol. The first kappa shape index (κ1) is 17.7. The van der Waals surface area contributed by atoms with Crippen LogP contribution < -0.4 is 16.3 Å². The highest BCUT2D eigenvalue weighted by molar-refractivity contribution is 6.30. The fraction of sp³-hybridized carbons (Fsp3) is 0.250. The average molecular weight is 375 g/mol. The number of halogens is 1. The number of hydrogen-bond acceptors (Lipinski definition) is 6. The monoisotopic (exact) mass is 374 g/mol. The molecule has 1 unspecified atom stereocenters. The van der Waals surface area contributed by atoms with Gasteiger partial charge in [0.2, 0.25) is 0 Å². The highest BCUT2D eigenvalue weighted by Gasteiger charge is 2.36. The number of hydrazone groups is 1. The molecule has 10 heteroatoms. The number of benzene rings is 1. The van der Waals surface area contributed by atoms with Gasteiger partial charge in [0.15, 0.2) is 6.04 Å². The summed E-state index contributed by atoms with van der Waals surface area (Å²) in [6.07, 6.45) is 0. The fourth-order valence-electron chi connectivity index (χ4n) is 2.41. The van der Waals surface area contributed by atoms with Gasteiger partial charge in [-0.25, -0.2) is 4.79 Å². The van der Waals surface area contributed by atoms with E-state index in [2.05, 4.69) is 15.3 Å². The minimum atomic E-state index is -0.926. The first-order valence-corrected chi connectivity index (χ1v) is 8.00. The maximum Gasteiger partial charge on any atom is 0.332 e. The smallest absolute Gasteiger partial charge is 0.281 e. The summed E-state index contributed by atoms with van der Waals surface area (Å²) in [7, 11) is 2.82. The van der Waals surface area contributed by atoms with Crippen molar-refractivity contribution in [2.45, 2.75) is 13.0 Å². The first-order valence-electron chi connectivity index (χ1n) is 7.62. The number of carbonyl (C=O) groups excluding carboxylic acids is 1. The van der Waals surface area contributed by atoms with Gasteiger partial charge in [-0.15, -0.1) is 0 Å². The van der Waals surface area contributed by atoms with Crippen LogP contribution in [-0.2, 0) is 18.9 Å². The lowest BCUT2D eigenvalue weighted by Gasteiger charge is -2.16. The van der Waals surface area contributed by atoms with Crippen molar-refractivity contribution in [2.75, 3.05) is 5.01 Å². The zero-order valence-corrected chi connectivity index (χ0v) is 15.0. The van der Waals surface area contributed by atoms with Crippen LogP contribution in [-0.4, -0.2) is 26.8 Å². The Hall–Kier alpha value is -3.07. The molecule has 0 N–H and O–H groups in total. The first-order chi connectivity index (χ1) is 12.3. The van der Waals surface area contributed by atoms with E-state index in [1.54, 1.807) is 31.2 Å². The highest BCUT2D eigenvalue weighted by Crippen LogP contribution is 2.22. The SMILES string of the molecule is CC1=NN(c2cc(=O)n(C)c(=O)n2C)C(=O)C1N=Nc1ccc(Cl)cc1. The van der Waals surface area contributed by atoms with E-state index in [1.165, 1.54) is 24.7 Å². The van der Waals surface area contributed by atoms with Crippen molar-refractivity contribution in [1.82, 2.24) is 9.13 Å². The molecule has 3 rings (SSSR count). The van der Waals surface area contributed by atoms with Crippen LogP contribution in [0.25, 0.3) is 0 Å². The zero-order chi connectivity index (χ0) is 19.0. The van der Waals surface area contributed by atoms with Crippen molar-refractivity contribution in [2.24, 2.45) is 29.4 Å². The predicted octanol–water partition coefficient (Wildman–Crippen LogP) is 1.61. The number of carbonyl (C=O) groups is 1. The minimum absolute atomic E-state index is 0.0756. The molecule has 0 aliphatic carbocycles. The number of amides is 1. The third-order valence-corrected chi connectivity index (χ3v) is 4.18. The van der Waals surface area contributed by atoms with Crippen LogP contribution >= 0.6 is 11.6 Å². The molecule has 2 heterocycles. The minimum Gasteiger partial charge on any atom is -0.281 e. The number of hydrogen-bond donors (Lipinski definition) is 0. The van der Waals surface area contributed by atoms with Crippen molar-refractivity contribution in [3.63, 3.8) is 0 Å². The van der Waals surface area contributed by atoms with Gasteiger partial charge in [-0.1, -0.05) is 11.6 Å². The van der Waals surface area contributed by atoms with E-state index in [1.807, 2.05) is 0 Å². The summed E-state index contributed by atoms with van der Waals surface area (Å²) in [5, 5.41) is 13.8. The zero-order valence-electron chi connectivity index (χ0n) is 14.3. The number of azo groups is 1. The molecule has 0 fully saturated rings. The van der Waals surface area contributed by atoms with Gasteiger partial charge in [-0.05, 0) is 31.2 Å². The maximum absolute atomic E-state index is 12.7. The Kier molecular flexibility index (Phi) is 4.56. The standard InChI is InChI=1S/C16H15ClN6O3/c1-9-14(19-18-11-6-4-10(17)5-7-11)15(25)23(20-9)12-8-13(24)22(3)16(26)21(12)2/h4-8,14H,1-3H3. The fourth-order valence-corrected chi connectivity index (χ4v) is 2.54. The molecule has 0 saturated carbocycles. The van der Waals surface area contributed by atoms with E-state index in [9.17, 15) is 14.4 Å². The Balaban J connectivity index is 1.93. The van der Waals surface area contributed by atoms with E-state index in [0.717, 1.165) is 9.58 Å². The second-order valence-corrected chi connectivity index (χ2v) is 6.16. The molecular formula is C16H15ClN6O3. The number of nitrogens with zero attached hydrogens (tertiary/aromatic N) is 6. The maximum atomic E-state index is 12.7. The Labute approximate surface area is 152 Å². The topological polar surface area (TPSA) is 101 Å². The molecular weight excluding hydrogens is 360 g/mol. The third-order valence-electron chi connectivity index (χ3n) is 3.93. The quantitative estimate of drug-likeness (QED) is 0.762. The molecule has 1 aliphatic heterocycles. The second-order valence-electron chi connectivity index (χ2n) is 5.73. The van der Waals surface area contributed by atoms with E-state index < -0.39 is 23.2 Å². The highest BCUT2D eigenvalue weighted by atomic mass is 35.5. The van der Waals surface area contributed by atoms with Crippen molar-refractivity contribution in [3.8, 4) is 0 Å². The lowest BCUT2D eigenvalue weighted by molar-refractivity contribution is -0.118. The van der Waals surface area contributed by atoms with Crippen molar-refractivity contribution in [3.05, 3.63) is 56.2 Å². The molecule has 0 saturated heterocycles. The Morgan fingerprint density at radius 2 is 1.73 bits per heavy atom. The van der Waals surface area contributed by atoms with Crippen LogP contribution in [0.1, 0.15) is 6.92 Å². The van der Waals surface area contributed by atoms with Gasteiger partial charge in [0.05, 0.1) is 11.4 Å².